The van der Waals surface area contributed by atoms with Crippen molar-refractivity contribution in [3.05, 3.63) is 29.8 Å². The van der Waals surface area contributed by atoms with E-state index in [4.69, 9.17) is 0 Å². The number of Topliss-reactive ketones (excluding diaryl/α,β-unsaturated/α-hetero) is 1. The third kappa shape index (κ3) is 2.99. The van der Waals surface area contributed by atoms with Crippen molar-refractivity contribution in [2.45, 2.75) is 64.0 Å². The molecule has 2 heterocycles. The fourth-order valence-corrected chi connectivity index (χ4v) is 4.98. The number of piperidine rings is 2. The number of benzene rings is 1. The summed E-state index contributed by atoms with van der Waals surface area (Å²) in [6.07, 6.45) is 8.70. The largest absolute Gasteiger partial charge is 0.372 e. The van der Waals surface area contributed by atoms with Gasteiger partial charge in [0, 0.05) is 42.7 Å². The molecule has 1 saturated carbocycles. The van der Waals surface area contributed by atoms with Crippen LogP contribution in [0.3, 0.4) is 0 Å². The molecule has 3 nitrogen and oxygen atoms in total. The lowest BCUT2D eigenvalue weighted by Crippen LogP contribution is -2.53. The van der Waals surface area contributed by atoms with E-state index in [2.05, 4.69) is 41.4 Å². The van der Waals surface area contributed by atoms with Gasteiger partial charge in [0.1, 0.15) is 5.78 Å². The SMILES string of the molecule is CC1C(=O)C2CCCCC2NC1c1ccc(N2CCCCC2)cc1. The molecule has 0 radical (unpaired) electrons. The number of anilines is 1. The van der Waals surface area contributed by atoms with Gasteiger partial charge in [0.2, 0.25) is 0 Å². The fourth-order valence-electron chi connectivity index (χ4n) is 4.98. The number of hydrogen-bond acceptors (Lipinski definition) is 3. The highest BCUT2D eigenvalue weighted by atomic mass is 16.1. The Labute approximate surface area is 145 Å². The smallest absolute Gasteiger partial charge is 0.142 e. The summed E-state index contributed by atoms with van der Waals surface area (Å²) in [5.74, 6) is 0.839. The number of ketones is 1. The Hall–Kier alpha value is -1.35. The summed E-state index contributed by atoms with van der Waals surface area (Å²) in [4.78, 5) is 15.3. The van der Waals surface area contributed by atoms with Gasteiger partial charge in [-0.25, -0.2) is 0 Å². The number of nitrogens with one attached hydrogen (secondary N) is 1. The normalized spacial score (nSPS) is 34.0. The highest BCUT2D eigenvalue weighted by Crippen LogP contribution is 2.38. The first-order valence-corrected chi connectivity index (χ1v) is 9.89. The van der Waals surface area contributed by atoms with E-state index >= 15 is 0 Å². The van der Waals surface area contributed by atoms with Gasteiger partial charge < -0.3 is 10.2 Å². The van der Waals surface area contributed by atoms with E-state index in [0.29, 0.717) is 11.8 Å². The van der Waals surface area contributed by atoms with Gasteiger partial charge in [-0.15, -0.1) is 0 Å². The highest BCUT2D eigenvalue weighted by Gasteiger charge is 2.42. The minimum Gasteiger partial charge on any atom is -0.372 e. The minimum absolute atomic E-state index is 0.0881. The number of carbonyl (C=O) groups excluding carboxylic acids is 1. The summed E-state index contributed by atoms with van der Waals surface area (Å²) in [5.41, 5.74) is 2.62. The lowest BCUT2D eigenvalue weighted by Gasteiger charge is -2.43. The second kappa shape index (κ2) is 6.87. The number of hydrogen-bond donors (Lipinski definition) is 1. The van der Waals surface area contributed by atoms with Gasteiger partial charge in [-0.1, -0.05) is 31.9 Å². The van der Waals surface area contributed by atoms with Crippen LogP contribution in [-0.4, -0.2) is 24.9 Å². The van der Waals surface area contributed by atoms with E-state index in [9.17, 15) is 4.79 Å². The van der Waals surface area contributed by atoms with Crippen molar-refractivity contribution in [1.29, 1.82) is 0 Å². The van der Waals surface area contributed by atoms with Crippen LogP contribution in [0.5, 0.6) is 0 Å². The quantitative estimate of drug-likeness (QED) is 0.888. The molecule has 24 heavy (non-hydrogen) atoms. The first kappa shape index (κ1) is 16.1. The molecule has 1 N–H and O–H groups in total. The maximum absolute atomic E-state index is 12.8. The highest BCUT2D eigenvalue weighted by molar-refractivity contribution is 5.85. The van der Waals surface area contributed by atoms with E-state index < -0.39 is 0 Å². The fraction of sp³-hybridized carbons (Fsp3) is 0.667. The van der Waals surface area contributed by atoms with Crippen LogP contribution < -0.4 is 10.2 Å². The Balaban J connectivity index is 1.51. The molecule has 3 aliphatic rings. The maximum Gasteiger partial charge on any atom is 0.142 e. The molecule has 0 aromatic heterocycles. The molecule has 0 spiro atoms. The molecule has 0 bridgehead atoms. The molecule has 2 saturated heterocycles. The molecular weight excluding hydrogens is 296 g/mol. The van der Waals surface area contributed by atoms with E-state index in [1.54, 1.807) is 0 Å². The third-order valence-electron chi connectivity index (χ3n) is 6.45. The zero-order valence-electron chi connectivity index (χ0n) is 14.8. The summed E-state index contributed by atoms with van der Waals surface area (Å²) in [6.45, 7) is 4.47. The lowest BCUT2D eigenvalue weighted by atomic mass is 9.71. The predicted octanol–water partition coefficient (Wildman–Crippen LogP) is 4.09. The van der Waals surface area contributed by atoms with Crippen molar-refractivity contribution in [1.82, 2.24) is 5.32 Å². The van der Waals surface area contributed by atoms with E-state index in [0.717, 1.165) is 12.8 Å². The molecule has 4 unspecified atom stereocenters. The van der Waals surface area contributed by atoms with Crippen LogP contribution in [0.4, 0.5) is 5.69 Å². The molecule has 1 aromatic rings. The molecule has 1 aliphatic carbocycles. The van der Waals surface area contributed by atoms with Crippen molar-refractivity contribution >= 4 is 11.5 Å². The Bertz CT molecular complexity index is 576. The second-order valence-corrected chi connectivity index (χ2v) is 7.97. The monoisotopic (exact) mass is 326 g/mol. The van der Waals surface area contributed by atoms with Crippen LogP contribution in [0.25, 0.3) is 0 Å². The Morgan fingerprint density at radius 3 is 2.42 bits per heavy atom. The average Bonchev–Trinajstić information content (AvgIpc) is 2.66. The summed E-state index contributed by atoms with van der Waals surface area (Å²) in [7, 11) is 0. The van der Waals surface area contributed by atoms with Gasteiger partial charge in [-0.3, -0.25) is 4.79 Å². The zero-order chi connectivity index (χ0) is 16.5. The minimum atomic E-state index is 0.0881. The summed E-state index contributed by atoms with van der Waals surface area (Å²) < 4.78 is 0. The first-order chi connectivity index (χ1) is 11.7. The molecule has 1 aromatic carbocycles. The molecule has 0 amide bonds. The van der Waals surface area contributed by atoms with Gasteiger partial charge in [-0.2, -0.15) is 0 Å². The number of fused-ring (bicyclic) bond motifs is 1. The standard InChI is InChI=1S/C21H30N2O/c1-15-20(22-19-8-4-3-7-18(19)21(15)24)16-9-11-17(12-10-16)23-13-5-2-6-14-23/h9-12,15,18-20,22H,2-8,13-14H2,1H3. The van der Waals surface area contributed by atoms with E-state index in [-0.39, 0.29) is 17.9 Å². The molecule has 4 rings (SSSR count). The van der Waals surface area contributed by atoms with Gasteiger partial charge in [-0.05, 0) is 49.8 Å². The van der Waals surface area contributed by atoms with Gasteiger partial charge in [0.15, 0.2) is 0 Å². The number of nitrogens with zero attached hydrogens (tertiary/aromatic N) is 1. The van der Waals surface area contributed by atoms with Gasteiger partial charge in [0.25, 0.3) is 0 Å². The third-order valence-corrected chi connectivity index (χ3v) is 6.45. The van der Waals surface area contributed by atoms with Gasteiger partial charge >= 0.3 is 0 Å². The zero-order valence-corrected chi connectivity index (χ0v) is 14.8. The van der Waals surface area contributed by atoms with Crippen molar-refractivity contribution in [3.8, 4) is 0 Å². The number of rotatable bonds is 2. The van der Waals surface area contributed by atoms with E-state index in [1.165, 1.54) is 56.4 Å². The van der Waals surface area contributed by atoms with Gasteiger partial charge in [0.05, 0.1) is 0 Å². The lowest BCUT2D eigenvalue weighted by molar-refractivity contribution is -0.132. The molecular formula is C21H30N2O. The van der Waals surface area contributed by atoms with Crippen molar-refractivity contribution < 1.29 is 4.79 Å². The first-order valence-electron chi connectivity index (χ1n) is 9.89. The molecule has 4 atom stereocenters. The second-order valence-electron chi connectivity index (χ2n) is 7.97. The predicted molar refractivity (Wildman–Crippen MR) is 98.3 cm³/mol. The summed E-state index contributed by atoms with van der Waals surface area (Å²) >= 11 is 0. The summed E-state index contributed by atoms with van der Waals surface area (Å²) in [6, 6.07) is 9.59. The van der Waals surface area contributed by atoms with Crippen LogP contribution in [0.2, 0.25) is 0 Å². The van der Waals surface area contributed by atoms with Crippen LogP contribution >= 0.6 is 0 Å². The molecule has 2 aliphatic heterocycles. The van der Waals surface area contributed by atoms with Crippen LogP contribution in [-0.2, 0) is 4.79 Å². The Kier molecular flexibility index (Phi) is 4.62. The van der Waals surface area contributed by atoms with Crippen molar-refractivity contribution in [3.63, 3.8) is 0 Å². The van der Waals surface area contributed by atoms with Crippen molar-refractivity contribution in [2.24, 2.45) is 11.8 Å². The summed E-state index contributed by atoms with van der Waals surface area (Å²) in [5, 5.41) is 3.82. The topological polar surface area (TPSA) is 32.3 Å². The Morgan fingerprint density at radius 1 is 0.958 bits per heavy atom. The maximum atomic E-state index is 12.8. The molecule has 3 fully saturated rings. The van der Waals surface area contributed by atoms with Crippen molar-refractivity contribution in [2.75, 3.05) is 18.0 Å². The molecule has 3 heteroatoms. The van der Waals surface area contributed by atoms with E-state index in [1.807, 2.05) is 0 Å². The average molecular weight is 326 g/mol. The number of carbonyl (C=O) groups is 1. The molecule has 130 valence electrons. The van der Waals surface area contributed by atoms with Crippen LogP contribution in [0.1, 0.15) is 63.5 Å². The van der Waals surface area contributed by atoms with Crippen LogP contribution in [0.15, 0.2) is 24.3 Å². The Morgan fingerprint density at radius 2 is 1.67 bits per heavy atom. The van der Waals surface area contributed by atoms with Crippen LogP contribution in [0, 0.1) is 11.8 Å².